The molecule has 42 heavy (non-hydrogen) atoms. The van der Waals surface area contributed by atoms with E-state index in [-0.39, 0.29) is 19.8 Å². The number of likely N-dealkylation sites (tertiary alicyclic amines) is 1. The van der Waals surface area contributed by atoms with Crippen LogP contribution in [0.5, 0.6) is 0 Å². The first-order valence-electron chi connectivity index (χ1n) is 14.0. The SMILES string of the molecule is C[C@@H]1[C@H](COC(=O)OCc2ccccc2)[C@H](NC(=O)OC(C)(C)C)[C@H](c2ccccc2)N1C(=O)OCc1ccccc1. The maximum absolute atomic E-state index is 13.6. The third kappa shape index (κ3) is 8.25. The molecule has 0 spiro atoms. The van der Waals surface area contributed by atoms with Crippen molar-refractivity contribution in [2.24, 2.45) is 5.92 Å². The molecule has 0 radical (unpaired) electrons. The Morgan fingerprint density at radius 2 is 1.29 bits per heavy atom. The molecule has 0 unspecified atom stereocenters. The Labute approximate surface area is 246 Å². The minimum Gasteiger partial charge on any atom is -0.445 e. The fourth-order valence-corrected chi connectivity index (χ4v) is 5.05. The summed E-state index contributed by atoms with van der Waals surface area (Å²) in [6, 6.07) is 26.3. The molecule has 3 aromatic carbocycles. The van der Waals surface area contributed by atoms with Gasteiger partial charge in [-0.1, -0.05) is 91.0 Å². The molecule has 4 atom stereocenters. The van der Waals surface area contributed by atoms with Crippen molar-refractivity contribution in [3.63, 3.8) is 0 Å². The van der Waals surface area contributed by atoms with Crippen LogP contribution in [0.3, 0.4) is 0 Å². The summed E-state index contributed by atoms with van der Waals surface area (Å²) in [7, 11) is 0. The highest BCUT2D eigenvalue weighted by molar-refractivity contribution is 5.72. The number of rotatable bonds is 8. The molecule has 0 saturated carbocycles. The molecule has 1 heterocycles. The summed E-state index contributed by atoms with van der Waals surface area (Å²) in [5.74, 6) is -0.503. The van der Waals surface area contributed by atoms with Gasteiger partial charge in [0.2, 0.25) is 0 Å². The van der Waals surface area contributed by atoms with Gasteiger partial charge in [0.25, 0.3) is 0 Å². The Kier molecular flexibility index (Phi) is 10.1. The normalized spacial score (nSPS) is 20.0. The summed E-state index contributed by atoms with van der Waals surface area (Å²) in [4.78, 5) is 40.8. The van der Waals surface area contributed by atoms with Crippen LogP contribution in [-0.4, -0.2) is 47.5 Å². The second-order valence-corrected chi connectivity index (χ2v) is 11.2. The molecule has 1 fully saturated rings. The van der Waals surface area contributed by atoms with Crippen molar-refractivity contribution in [1.82, 2.24) is 10.2 Å². The van der Waals surface area contributed by atoms with Gasteiger partial charge in [0.05, 0.1) is 12.1 Å². The van der Waals surface area contributed by atoms with Crippen LogP contribution in [0.25, 0.3) is 0 Å². The van der Waals surface area contributed by atoms with Crippen molar-refractivity contribution < 1.29 is 33.3 Å². The molecular formula is C33H38N2O7. The average Bonchev–Trinajstić information content (AvgIpc) is 3.24. The number of nitrogens with zero attached hydrogens (tertiary/aromatic N) is 1. The lowest BCUT2D eigenvalue weighted by Gasteiger charge is -2.30. The molecular weight excluding hydrogens is 536 g/mol. The van der Waals surface area contributed by atoms with E-state index < -0.39 is 48.0 Å². The van der Waals surface area contributed by atoms with Crippen LogP contribution in [0.1, 0.15) is 50.4 Å². The van der Waals surface area contributed by atoms with Crippen molar-refractivity contribution in [2.75, 3.05) is 6.61 Å². The van der Waals surface area contributed by atoms with Crippen molar-refractivity contribution in [1.29, 1.82) is 0 Å². The van der Waals surface area contributed by atoms with E-state index in [2.05, 4.69) is 5.32 Å². The van der Waals surface area contributed by atoms with Gasteiger partial charge in [-0.15, -0.1) is 0 Å². The summed E-state index contributed by atoms with van der Waals surface area (Å²) in [5, 5.41) is 2.96. The van der Waals surface area contributed by atoms with Gasteiger partial charge in [-0.05, 0) is 44.4 Å². The smallest absolute Gasteiger partial charge is 0.445 e. The number of nitrogens with one attached hydrogen (secondary N) is 1. The minimum atomic E-state index is -0.844. The van der Waals surface area contributed by atoms with Crippen LogP contribution in [-0.2, 0) is 32.2 Å². The summed E-state index contributed by atoms with van der Waals surface area (Å²) in [6.07, 6.45) is -2.04. The molecule has 9 heteroatoms. The van der Waals surface area contributed by atoms with E-state index in [1.54, 1.807) is 25.7 Å². The zero-order valence-electron chi connectivity index (χ0n) is 24.4. The summed E-state index contributed by atoms with van der Waals surface area (Å²) in [5.41, 5.74) is 1.72. The highest BCUT2D eigenvalue weighted by Gasteiger charge is 2.52. The number of benzene rings is 3. The Balaban J connectivity index is 1.57. The van der Waals surface area contributed by atoms with Crippen LogP contribution in [0.2, 0.25) is 0 Å². The number of ether oxygens (including phenoxy) is 4. The Morgan fingerprint density at radius 3 is 1.83 bits per heavy atom. The van der Waals surface area contributed by atoms with Gasteiger partial charge in [-0.3, -0.25) is 4.90 Å². The van der Waals surface area contributed by atoms with Gasteiger partial charge in [-0.2, -0.15) is 0 Å². The Hall–Kier alpha value is -4.53. The Morgan fingerprint density at radius 1 is 0.762 bits per heavy atom. The molecule has 0 aromatic heterocycles. The van der Waals surface area contributed by atoms with E-state index in [0.717, 1.165) is 16.7 Å². The summed E-state index contributed by atoms with van der Waals surface area (Å²) in [6.45, 7) is 7.20. The van der Waals surface area contributed by atoms with E-state index in [0.29, 0.717) is 0 Å². The number of hydrogen-bond donors (Lipinski definition) is 1. The van der Waals surface area contributed by atoms with Crippen LogP contribution in [0.15, 0.2) is 91.0 Å². The van der Waals surface area contributed by atoms with E-state index >= 15 is 0 Å². The molecule has 1 N–H and O–H groups in total. The van der Waals surface area contributed by atoms with Crippen molar-refractivity contribution in [3.8, 4) is 0 Å². The maximum Gasteiger partial charge on any atom is 0.508 e. The molecule has 0 aliphatic carbocycles. The van der Waals surface area contributed by atoms with Crippen LogP contribution >= 0.6 is 0 Å². The van der Waals surface area contributed by atoms with Crippen molar-refractivity contribution in [2.45, 2.75) is 64.6 Å². The maximum atomic E-state index is 13.6. The van der Waals surface area contributed by atoms with E-state index in [1.807, 2.05) is 97.9 Å². The first kappa shape index (κ1) is 30.4. The fourth-order valence-electron chi connectivity index (χ4n) is 5.05. The molecule has 4 rings (SSSR count). The number of carbonyl (C=O) groups is 3. The standard InChI is InChI=1S/C33H38N2O7/c1-23-27(22-41-32(38)40-21-25-16-10-6-11-17-25)28(34-30(36)42-33(2,3)4)29(26-18-12-7-13-19-26)35(23)31(37)39-20-24-14-8-5-9-15-24/h5-19,23,27-29H,20-22H2,1-4H3,(H,34,36)/t23-,27+,28+,29+/m1/s1. The van der Waals surface area contributed by atoms with Crippen LogP contribution < -0.4 is 5.32 Å². The minimum absolute atomic E-state index is 0.0596. The topological polar surface area (TPSA) is 103 Å². The zero-order chi connectivity index (χ0) is 30.1. The summed E-state index contributed by atoms with van der Waals surface area (Å²) < 4.78 is 22.1. The molecule has 0 bridgehead atoms. The van der Waals surface area contributed by atoms with Crippen LogP contribution in [0, 0.1) is 5.92 Å². The summed E-state index contributed by atoms with van der Waals surface area (Å²) >= 11 is 0. The number of carbonyl (C=O) groups excluding carboxylic acids is 3. The molecule has 222 valence electrons. The molecule has 1 saturated heterocycles. The van der Waals surface area contributed by atoms with Gasteiger partial charge in [0.15, 0.2) is 0 Å². The molecule has 3 aromatic rings. The Bertz CT molecular complexity index is 1310. The lowest BCUT2D eigenvalue weighted by Crippen LogP contribution is -2.46. The number of hydrogen-bond acceptors (Lipinski definition) is 7. The largest absolute Gasteiger partial charge is 0.508 e. The average molecular weight is 575 g/mol. The highest BCUT2D eigenvalue weighted by atomic mass is 16.7. The van der Waals surface area contributed by atoms with Gasteiger partial charge in [0.1, 0.15) is 25.4 Å². The fraction of sp³-hybridized carbons (Fsp3) is 0.364. The zero-order valence-corrected chi connectivity index (χ0v) is 24.4. The molecule has 1 aliphatic rings. The molecule has 9 nitrogen and oxygen atoms in total. The first-order chi connectivity index (χ1) is 20.1. The first-order valence-corrected chi connectivity index (χ1v) is 14.0. The van der Waals surface area contributed by atoms with Crippen molar-refractivity contribution >= 4 is 18.3 Å². The quantitative estimate of drug-likeness (QED) is 0.238. The third-order valence-corrected chi connectivity index (χ3v) is 6.99. The lowest BCUT2D eigenvalue weighted by atomic mass is 9.92. The van der Waals surface area contributed by atoms with Crippen molar-refractivity contribution in [3.05, 3.63) is 108 Å². The van der Waals surface area contributed by atoms with E-state index in [1.165, 1.54) is 0 Å². The number of amides is 2. The lowest BCUT2D eigenvalue weighted by molar-refractivity contribution is 0.0304. The molecule has 2 amide bonds. The predicted octanol–water partition coefficient (Wildman–Crippen LogP) is 6.63. The van der Waals surface area contributed by atoms with E-state index in [4.69, 9.17) is 18.9 Å². The van der Waals surface area contributed by atoms with Gasteiger partial charge in [0, 0.05) is 12.0 Å². The van der Waals surface area contributed by atoms with Gasteiger partial charge < -0.3 is 24.3 Å². The monoisotopic (exact) mass is 574 g/mol. The van der Waals surface area contributed by atoms with Gasteiger partial charge >= 0.3 is 18.3 Å². The second-order valence-electron chi connectivity index (χ2n) is 11.2. The predicted molar refractivity (Wildman–Crippen MR) is 156 cm³/mol. The third-order valence-electron chi connectivity index (χ3n) is 6.99. The number of alkyl carbamates (subject to hydrolysis) is 1. The molecule has 1 aliphatic heterocycles. The van der Waals surface area contributed by atoms with Crippen LogP contribution in [0.4, 0.5) is 14.4 Å². The van der Waals surface area contributed by atoms with E-state index in [9.17, 15) is 14.4 Å². The highest BCUT2D eigenvalue weighted by Crippen LogP contribution is 2.41. The second kappa shape index (κ2) is 13.9. The van der Waals surface area contributed by atoms with Gasteiger partial charge in [-0.25, -0.2) is 14.4 Å².